The molecular weight excluding hydrogens is 518 g/mol. The Morgan fingerprint density at radius 3 is 1.29 bits per heavy atom. The lowest BCUT2D eigenvalue weighted by Gasteiger charge is -2.08. The number of nitrogens with one attached hydrogen (secondary N) is 2. The number of phenols is 2. The summed E-state index contributed by atoms with van der Waals surface area (Å²) in [6.45, 7) is 4.71. The van der Waals surface area contributed by atoms with Gasteiger partial charge in [-0.2, -0.15) is 0 Å². The Morgan fingerprint density at radius 2 is 0.941 bits per heavy atom. The highest BCUT2D eigenvalue weighted by Crippen LogP contribution is 2.18. The van der Waals surface area contributed by atoms with Crippen molar-refractivity contribution in [2.24, 2.45) is 11.5 Å². The molecular formula is C24H42Cl4N4O2. The predicted octanol–water partition coefficient (Wildman–Crippen LogP) is 4.23. The third-order valence-electron chi connectivity index (χ3n) is 5.37. The van der Waals surface area contributed by atoms with E-state index < -0.39 is 0 Å². The summed E-state index contributed by atoms with van der Waals surface area (Å²) in [5, 5.41) is 26.3. The van der Waals surface area contributed by atoms with E-state index in [1.165, 1.54) is 36.8 Å². The molecule has 0 saturated carbocycles. The number of aromatic hydroxyl groups is 2. The molecule has 0 aliphatic heterocycles. The molecule has 0 aromatic heterocycles. The topological polar surface area (TPSA) is 117 Å². The predicted molar refractivity (Wildman–Crippen MR) is 153 cm³/mol. The molecule has 2 aromatic carbocycles. The van der Waals surface area contributed by atoms with Gasteiger partial charge in [0.25, 0.3) is 0 Å². The Morgan fingerprint density at radius 1 is 0.559 bits per heavy atom. The van der Waals surface area contributed by atoms with Gasteiger partial charge in [-0.15, -0.1) is 49.6 Å². The maximum absolute atomic E-state index is 9.66. The Kier molecular flexibility index (Phi) is 24.9. The van der Waals surface area contributed by atoms with Gasteiger partial charge >= 0.3 is 0 Å². The lowest BCUT2D eigenvalue weighted by atomic mass is 10.1. The highest BCUT2D eigenvalue weighted by Gasteiger charge is 2.02. The smallest absolute Gasteiger partial charge is 0.120 e. The minimum atomic E-state index is 0. The van der Waals surface area contributed by atoms with Gasteiger partial charge in [-0.3, -0.25) is 0 Å². The van der Waals surface area contributed by atoms with Gasteiger partial charge in [0.1, 0.15) is 11.5 Å². The molecule has 10 heteroatoms. The quantitative estimate of drug-likeness (QED) is 0.182. The maximum atomic E-state index is 9.66. The molecule has 8 N–H and O–H groups in total. The maximum Gasteiger partial charge on any atom is 0.120 e. The number of halogens is 4. The number of rotatable bonds is 15. The fourth-order valence-corrected chi connectivity index (χ4v) is 3.48. The largest absolute Gasteiger partial charge is 0.508 e. The molecule has 2 aromatic rings. The number of hydrogen-bond donors (Lipinski definition) is 6. The van der Waals surface area contributed by atoms with Crippen LogP contribution in [-0.2, 0) is 25.9 Å². The summed E-state index contributed by atoms with van der Waals surface area (Å²) in [5.41, 5.74) is 15.3. The number of benzene rings is 2. The zero-order valence-electron chi connectivity index (χ0n) is 19.6. The summed E-state index contributed by atoms with van der Waals surface area (Å²) < 4.78 is 0. The molecule has 198 valence electrons. The van der Waals surface area contributed by atoms with Crippen LogP contribution in [0.15, 0.2) is 36.4 Å². The first kappa shape index (κ1) is 37.6. The molecule has 0 bridgehead atoms. The van der Waals surface area contributed by atoms with Crippen LogP contribution in [0.3, 0.4) is 0 Å². The van der Waals surface area contributed by atoms with Gasteiger partial charge in [-0.25, -0.2) is 0 Å². The summed E-state index contributed by atoms with van der Waals surface area (Å²) >= 11 is 0. The zero-order valence-corrected chi connectivity index (χ0v) is 22.9. The summed E-state index contributed by atoms with van der Waals surface area (Å²) in [6.07, 6.45) is 6.76. The Labute approximate surface area is 229 Å². The van der Waals surface area contributed by atoms with Crippen LogP contribution < -0.4 is 22.1 Å². The number of unbranched alkanes of at least 4 members (excludes halogenated alkanes) is 3. The lowest BCUT2D eigenvalue weighted by Crippen LogP contribution is -2.19. The number of nitrogens with two attached hydrogens (primary N) is 2. The Balaban J connectivity index is -0.00000240. The first-order chi connectivity index (χ1) is 14.6. The first-order valence-electron chi connectivity index (χ1n) is 11.1. The molecule has 6 nitrogen and oxygen atoms in total. The van der Waals surface area contributed by atoms with E-state index in [-0.39, 0.29) is 61.1 Å². The van der Waals surface area contributed by atoms with E-state index in [1.54, 1.807) is 12.1 Å². The number of hydrogen-bond acceptors (Lipinski definition) is 6. The summed E-state index contributed by atoms with van der Waals surface area (Å²) in [6, 6.07) is 11.4. The first-order valence-corrected chi connectivity index (χ1v) is 11.1. The second-order valence-corrected chi connectivity index (χ2v) is 7.75. The average Bonchev–Trinajstić information content (AvgIpc) is 2.76. The third kappa shape index (κ3) is 14.4. The average molecular weight is 560 g/mol. The van der Waals surface area contributed by atoms with Crippen molar-refractivity contribution in [3.8, 4) is 11.5 Å². The van der Waals surface area contributed by atoms with Crippen molar-refractivity contribution in [2.75, 3.05) is 26.2 Å². The van der Waals surface area contributed by atoms with Crippen molar-refractivity contribution >= 4 is 49.6 Å². The van der Waals surface area contributed by atoms with Crippen LogP contribution in [0.5, 0.6) is 11.5 Å². The van der Waals surface area contributed by atoms with Crippen molar-refractivity contribution in [2.45, 2.75) is 51.6 Å². The molecule has 34 heavy (non-hydrogen) atoms. The van der Waals surface area contributed by atoms with Gasteiger partial charge in [0, 0.05) is 24.2 Å². The van der Waals surface area contributed by atoms with Crippen molar-refractivity contribution in [3.05, 3.63) is 58.7 Å². The molecule has 0 aliphatic rings. The molecule has 0 amide bonds. The molecule has 2 rings (SSSR count). The summed E-state index contributed by atoms with van der Waals surface area (Å²) in [5.74, 6) is 0.564. The summed E-state index contributed by atoms with van der Waals surface area (Å²) in [4.78, 5) is 0. The van der Waals surface area contributed by atoms with Gasteiger partial charge in [-0.05, 0) is 75.1 Å². The van der Waals surface area contributed by atoms with E-state index >= 15 is 0 Å². The second-order valence-electron chi connectivity index (χ2n) is 7.75. The Bertz CT molecular complexity index is 706. The van der Waals surface area contributed by atoms with Crippen LogP contribution >= 0.6 is 49.6 Å². The van der Waals surface area contributed by atoms with Gasteiger partial charge in [0.15, 0.2) is 0 Å². The highest BCUT2D eigenvalue weighted by molar-refractivity contribution is 5.86. The van der Waals surface area contributed by atoms with Crippen LogP contribution in [0, 0.1) is 0 Å². The van der Waals surface area contributed by atoms with E-state index in [9.17, 15) is 10.2 Å². The molecule has 0 unspecified atom stereocenters. The second kappa shape index (κ2) is 22.5. The highest BCUT2D eigenvalue weighted by atomic mass is 35.5. The van der Waals surface area contributed by atoms with Crippen LogP contribution in [0.4, 0.5) is 0 Å². The van der Waals surface area contributed by atoms with Crippen LogP contribution in [-0.4, -0.2) is 36.4 Å². The lowest BCUT2D eigenvalue weighted by molar-refractivity contribution is 0.467. The summed E-state index contributed by atoms with van der Waals surface area (Å²) in [7, 11) is 0. The standard InChI is InChI=1S/C24H38N4O2.4ClH/c25-17-21-15-19(5-7-23(21)29)9-13-27-11-3-1-2-4-12-28-14-10-20-6-8-24(30)22(16-20)18-26;;;;/h5-8,15-16,27-30H,1-4,9-14,17-18,25-26H2;4*1H. The van der Waals surface area contributed by atoms with Gasteiger partial charge < -0.3 is 32.3 Å². The fraction of sp³-hybridized carbons (Fsp3) is 0.500. The van der Waals surface area contributed by atoms with Crippen molar-refractivity contribution in [3.63, 3.8) is 0 Å². The van der Waals surface area contributed by atoms with E-state index in [0.29, 0.717) is 13.1 Å². The minimum Gasteiger partial charge on any atom is -0.508 e. The van der Waals surface area contributed by atoms with Gasteiger partial charge in [0.05, 0.1) is 0 Å². The normalized spacial score (nSPS) is 9.82. The minimum absolute atomic E-state index is 0. The molecule has 0 heterocycles. The van der Waals surface area contributed by atoms with E-state index in [1.807, 2.05) is 24.3 Å². The van der Waals surface area contributed by atoms with Crippen molar-refractivity contribution < 1.29 is 10.2 Å². The monoisotopic (exact) mass is 558 g/mol. The van der Waals surface area contributed by atoms with Gasteiger partial charge in [0.2, 0.25) is 0 Å². The molecule has 0 atom stereocenters. The van der Waals surface area contributed by atoms with Gasteiger partial charge in [-0.1, -0.05) is 37.1 Å². The zero-order chi connectivity index (χ0) is 21.6. The molecule has 0 spiro atoms. The van der Waals surface area contributed by atoms with Crippen LogP contribution in [0.2, 0.25) is 0 Å². The fourth-order valence-electron chi connectivity index (χ4n) is 3.48. The van der Waals surface area contributed by atoms with E-state index in [4.69, 9.17) is 11.5 Å². The molecule has 0 saturated heterocycles. The molecule has 0 fully saturated rings. The van der Waals surface area contributed by atoms with E-state index in [2.05, 4.69) is 10.6 Å². The van der Waals surface area contributed by atoms with Crippen molar-refractivity contribution in [1.29, 1.82) is 0 Å². The van der Waals surface area contributed by atoms with Crippen LogP contribution in [0.25, 0.3) is 0 Å². The molecule has 0 radical (unpaired) electrons. The molecule has 0 aliphatic carbocycles. The Hall–Kier alpha value is -0.960. The van der Waals surface area contributed by atoms with Crippen LogP contribution in [0.1, 0.15) is 47.9 Å². The third-order valence-corrected chi connectivity index (χ3v) is 5.37. The number of phenolic OH excluding ortho intramolecular Hbond substituents is 2. The SMILES string of the molecule is Cl.Cl.Cl.Cl.NCc1cc(CCNCCCCCCNCCc2ccc(O)c(CN)c2)ccc1O. The van der Waals surface area contributed by atoms with Crippen molar-refractivity contribution in [1.82, 2.24) is 10.6 Å². The van der Waals surface area contributed by atoms with E-state index in [0.717, 1.165) is 50.1 Å².